The quantitative estimate of drug-likeness (QED) is 0.785. The van der Waals surface area contributed by atoms with Crippen molar-refractivity contribution < 1.29 is 9.53 Å². The van der Waals surface area contributed by atoms with Crippen molar-refractivity contribution in [3.63, 3.8) is 0 Å². The first-order chi connectivity index (χ1) is 10.3. The van der Waals surface area contributed by atoms with Crippen LogP contribution in [0.4, 0.5) is 5.69 Å². The first-order valence-corrected chi connectivity index (χ1v) is 7.24. The van der Waals surface area contributed by atoms with Crippen LogP contribution in [0.2, 0.25) is 0 Å². The molecule has 3 rings (SSSR count). The molecule has 0 atom stereocenters. The molecule has 0 aliphatic carbocycles. The number of benzene rings is 2. The fraction of sp³-hybridized carbons (Fsp3) is 0. The van der Waals surface area contributed by atoms with E-state index in [0.717, 1.165) is 0 Å². The molecular weight excluding hydrogens is 284 g/mol. The van der Waals surface area contributed by atoms with Crippen LogP contribution in [-0.2, 0) is 0 Å². The molecule has 1 aromatic heterocycles. The summed E-state index contributed by atoms with van der Waals surface area (Å²) < 4.78 is 5.80. The number of thiazole rings is 1. The Morgan fingerprint density at radius 3 is 2.57 bits per heavy atom. The van der Waals surface area contributed by atoms with Gasteiger partial charge in [-0.3, -0.25) is 4.79 Å². The maximum absolute atomic E-state index is 12.1. The van der Waals surface area contributed by atoms with Crippen molar-refractivity contribution in [1.82, 2.24) is 4.98 Å². The minimum atomic E-state index is -0.242. The number of nitrogens with one attached hydrogen (secondary N) is 1. The van der Waals surface area contributed by atoms with Gasteiger partial charge in [0.15, 0.2) is 10.8 Å². The summed E-state index contributed by atoms with van der Waals surface area (Å²) in [7, 11) is 0. The molecule has 0 saturated carbocycles. The van der Waals surface area contributed by atoms with Crippen LogP contribution < -0.4 is 10.1 Å². The number of para-hydroxylation sites is 3. The van der Waals surface area contributed by atoms with Crippen molar-refractivity contribution in [3.05, 3.63) is 71.2 Å². The second kappa shape index (κ2) is 6.19. The van der Waals surface area contributed by atoms with Crippen LogP contribution in [0.15, 0.2) is 66.2 Å². The van der Waals surface area contributed by atoms with Crippen molar-refractivity contribution >= 4 is 22.9 Å². The van der Waals surface area contributed by atoms with Crippen LogP contribution in [0.5, 0.6) is 11.5 Å². The molecule has 3 aromatic rings. The van der Waals surface area contributed by atoms with E-state index in [0.29, 0.717) is 22.2 Å². The average Bonchev–Trinajstić information content (AvgIpc) is 3.05. The highest BCUT2D eigenvalue weighted by Crippen LogP contribution is 2.29. The number of ether oxygens (including phenoxy) is 1. The number of hydrogen-bond donors (Lipinski definition) is 1. The van der Waals surface area contributed by atoms with E-state index in [9.17, 15) is 4.79 Å². The summed E-state index contributed by atoms with van der Waals surface area (Å²) in [6.45, 7) is 0. The van der Waals surface area contributed by atoms with Crippen LogP contribution in [0.1, 0.15) is 9.80 Å². The third kappa shape index (κ3) is 3.27. The van der Waals surface area contributed by atoms with Crippen LogP contribution in [0.25, 0.3) is 0 Å². The topological polar surface area (TPSA) is 51.2 Å². The third-order valence-electron chi connectivity index (χ3n) is 2.73. The summed E-state index contributed by atoms with van der Waals surface area (Å²) in [5, 5.41) is 5.00. The highest BCUT2D eigenvalue weighted by molar-refractivity contribution is 7.11. The van der Waals surface area contributed by atoms with Crippen molar-refractivity contribution in [2.75, 3.05) is 5.32 Å². The molecule has 1 heterocycles. The molecule has 104 valence electrons. The summed E-state index contributed by atoms with van der Waals surface area (Å²) in [5.74, 6) is 1.07. The van der Waals surface area contributed by atoms with Gasteiger partial charge in [0.2, 0.25) is 0 Å². The van der Waals surface area contributed by atoms with E-state index in [4.69, 9.17) is 4.74 Å². The van der Waals surface area contributed by atoms with Gasteiger partial charge < -0.3 is 10.1 Å². The smallest absolute Gasteiger partial charge is 0.284 e. The van der Waals surface area contributed by atoms with Gasteiger partial charge in [0.1, 0.15) is 5.75 Å². The van der Waals surface area contributed by atoms with Gasteiger partial charge in [0.25, 0.3) is 5.91 Å². The Hall–Kier alpha value is -2.66. The number of nitrogens with zero attached hydrogens (tertiary/aromatic N) is 1. The first-order valence-electron chi connectivity index (χ1n) is 6.36. The van der Waals surface area contributed by atoms with Crippen molar-refractivity contribution in [2.45, 2.75) is 0 Å². The molecule has 0 unspecified atom stereocenters. The number of carbonyl (C=O) groups excluding carboxylic acids is 1. The Balaban J connectivity index is 1.81. The summed E-state index contributed by atoms with van der Waals surface area (Å²) in [6.07, 6.45) is 1.60. The standard InChI is InChI=1S/C16H12N2O2S/c19-15(16-17-10-11-21-16)18-13-8-4-5-9-14(13)20-12-6-2-1-3-7-12/h1-11H,(H,18,19). The summed E-state index contributed by atoms with van der Waals surface area (Å²) in [5.41, 5.74) is 0.613. The molecule has 0 saturated heterocycles. The average molecular weight is 296 g/mol. The molecule has 0 fully saturated rings. The second-order valence-electron chi connectivity index (χ2n) is 4.20. The Kier molecular flexibility index (Phi) is 3.93. The van der Waals surface area contributed by atoms with Crippen LogP contribution in [0.3, 0.4) is 0 Å². The molecule has 5 heteroatoms. The fourth-order valence-corrected chi connectivity index (χ4v) is 2.32. The monoisotopic (exact) mass is 296 g/mol. The highest BCUT2D eigenvalue weighted by atomic mass is 32.1. The second-order valence-corrected chi connectivity index (χ2v) is 5.10. The lowest BCUT2D eigenvalue weighted by Crippen LogP contribution is -2.12. The van der Waals surface area contributed by atoms with Gasteiger partial charge in [-0.2, -0.15) is 0 Å². The normalized spacial score (nSPS) is 10.1. The summed E-state index contributed by atoms with van der Waals surface area (Å²) in [4.78, 5) is 16.1. The van der Waals surface area contributed by atoms with Crippen LogP contribution in [0, 0.1) is 0 Å². The largest absolute Gasteiger partial charge is 0.455 e. The van der Waals surface area contributed by atoms with Crippen molar-refractivity contribution in [2.24, 2.45) is 0 Å². The minimum Gasteiger partial charge on any atom is -0.455 e. The number of carbonyl (C=O) groups is 1. The Morgan fingerprint density at radius 1 is 1.05 bits per heavy atom. The predicted molar refractivity (Wildman–Crippen MR) is 83.0 cm³/mol. The molecule has 0 bridgehead atoms. The number of anilines is 1. The molecule has 0 aliphatic heterocycles. The number of aromatic nitrogens is 1. The molecular formula is C16H12N2O2S. The highest BCUT2D eigenvalue weighted by Gasteiger charge is 2.12. The van der Waals surface area contributed by atoms with Crippen molar-refractivity contribution in [1.29, 1.82) is 0 Å². The molecule has 2 aromatic carbocycles. The van der Waals surface area contributed by atoms with E-state index in [1.165, 1.54) is 11.3 Å². The number of amides is 1. The lowest BCUT2D eigenvalue weighted by atomic mass is 10.3. The predicted octanol–water partition coefficient (Wildman–Crippen LogP) is 4.19. The molecule has 4 nitrogen and oxygen atoms in total. The van der Waals surface area contributed by atoms with Gasteiger partial charge in [-0.25, -0.2) is 4.98 Å². The maximum Gasteiger partial charge on any atom is 0.284 e. The first kappa shape index (κ1) is 13.3. The van der Waals surface area contributed by atoms with Gasteiger partial charge in [-0.05, 0) is 24.3 Å². The van der Waals surface area contributed by atoms with Gasteiger partial charge >= 0.3 is 0 Å². The zero-order chi connectivity index (χ0) is 14.5. The fourth-order valence-electron chi connectivity index (χ4n) is 1.79. The molecule has 1 N–H and O–H groups in total. The van der Waals surface area contributed by atoms with E-state index >= 15 is 0 Å². The van der Waals surface area contributed by atoms with E-state index in [-0.39, 0.29) is 5.91 Å². The number of hydrogen-bond acceptors (Lipinski definition) is 4. The lowest BCUT2D eigenvalue weighted by Gasteiger charge is -2.11. The summed E-state index contributed by atoms with van der Waals surface area (Å²) >= 11 is 1.30. The summed E-state index contributed by atoms with van der Waals surface area (Å²) in [6, 6.07) is 16.7. The minimum absolute atomic E-state index is 0.242. The maximum atomic E-state index is 12.1. The van der Waals surface area contributed by atoms with Gasteiger partial charge in [0, 0.05) is 11.6 Å². The van der Waals surface area contributed by atoms with Crippen LogP contribution in [-0.4, -0.2) is 10.9 Å². The van der Waals surface area contributed by atoms with E-state index in [1.807, 2.05) is 48.5 Å². The molecule has 0 spiro atoms. The zero-order valence-electron chi connectivity index (χ0n) is 11.0. The lowest BCUT2D eigenvalue weighted by molar-refractivity contribution is 0.102. The van der Waals surface area contributed by atoms with Gasteiger partial charge in [-0.15, -0.1) is 11.3 Å². The Morgan fingerprint density at radius 2 is 1.81 bits per heavy atom. The zero-order valence-corrected chi connectivity index (χ0v) is 11.8. The van der Waals surface area contributed by atoms with E-state index < -0.39 is 0 Å². The van der Waals surface area contributed by atoms with Gasteiger partial charge in [-0.1, -0.05) is 30.3 Å². The SMILES string of the molecule is O=C(Nc1ccccc1Oc1ccccc1)c1nccs1. The molecule has 0 radical (unpaired) electrons. The third-order valence-corrected chi connectivity index (χ3v) is 3.50. The molecule has 1 amide bonds. The van der Waals surface area contributed by atoms with Gasteiger partial charge in [0.05, 0.1) is 5.69 Å². The van der Waals surface area contributed by atoms with Crippen molar-refractivity contribution in [3.8, 4) is 11.5 Å². The molecule has 0 aliphatic rings. The van der Waals surface area contributed by atoms with E-state index in [1.54, 1.807) is 17.6 Å². The number of rotatable bonds is 4. The van der Waals surface area contributed by atoms with E-state index in [2.05, 4.69) is 10.3 Å². The molecule has 21 heavy (non-hydrogen) atoms. The Bertz CT molecular complexity index is 727. The van der Waals surface area contributed by atoms with Crippen LogP contribution >= 0.6 is 11.3 Å². The Labute approximate surface area is 126 Å².